The molecule has 0 saturated carbocycles. The molecule has 6 heteroatoms. The van der Waals surface area contributed by atoms with E-state index in [0.717, 1.165) is 22.9 Å². The molecular formula is C22H25N3O3. The smallest absolute Gasteiger partial charge is 0.254 e. The molecule has 1 amide bonds. The molecule has 1 N–H and O–H groups in total. The Kier molecular flexibility index (Phi) is 6.32. The zero-order chi connectivity index (χ0) is 19.9. The lowest BCUT2D eigenvalue weighted by atomic mass is 10.1. The number of carbonyl (C=O) groups is 1. The Morgan fingerprint density at radius 1 is 1.07 bits per heavy atom. The summed E-state index contributed by atoms with van der Waals surface area (Å²) in [6.07, 6.45) is 2.33. The van der Waals surface area contributed by atoms with Crippen LogP contribution in [0.15, 0.2) is 54.7 Å². The van der Waals surface area contributed by atoms with Crippen LogP contribution in [-0.4, -0.2) is 35.9 Å². The van der Waals surface area contributed by atoms with Crippen LogP contribution in [0.3, 0.4) is 0 Å². The van der Waals surface area contributed by atoms with Gasteiger partial charge in [-0.1, -0.05) is 24.6 Å². The molecule has 0 aliphatic heterocycles. The summed E-state index contributed by atoms with van der Waals surface area (Å²) in [6, 6.07) is 15.4. The van der Waals surface area contributed by atoms with Gasteiger partial charge in [0, 0.05) is 0 Å². The van der Waals surface area contributed by atoms with E-state index in [1.165, 1.54) is 5.56 Å². The third-order valence-corrected chi connectivity index (χ3v) is 4.44. The minimum Gasteiger partial charge on any atom is -0.497 e. The number of rotatable bonds is 8. The second kappa shape index (κ2) is 9.08. The van der Waals surface area contributed by atoms with Gasteiger partial charge in [0.05, 0.1) is 36.8 Å². The predicted molar refractivity (Wildman–Crippen MR) is 109 cm³/mol. The summed E-state index contributed by atoms with van der Waals surface area (Å²) in [5.74, 6) is 1.36. The van der Waals surface area contributed by atoms with Gasteiger partial charge in [0.2, 0.25) is 0 Å². The third-order valence-electron chi connectivity index (χ3n) is 4.44. The molecule has 0 fully saturated rings. The van der Waals surface area contributed by atoms with Crippen LogP contribution >= 0.6 is 0 Å². The minimum absolute atomic E-state index is 0.145. The van der Waals surface area contributed by atoms with E-state index in [-0.39, 0.29) is 5.91 Å². The number of aryl methyl sites for hydroxylation is 1. The molecule has 0 bridgehead atoms. The number of ether oxygens (including phenoxy) is 2. The van der Waals surface area contributed by atoms with Gasteiger partial charge < -0.3 is 14.8 Å². The zero-order valence-electron chi connectivity index (χ0n) is 16.4. The number of nitrogens with one attached hydrogen (secondary N) is 1. The van der Waals surface area contributed by atoms with E-state index < -0.39 is 0 Å². The van der Waals surface area contributed by atoms with Crippen molar-refractivity contribution in [3.05, 3.63) is 71.5 Å². The third kappa shape index (κ3) is 4.52. The van der Waals surface area contributed by atoms with Crippen molar-refractivity contribution in [2.45, 2.75) is 20.3 Å². The normalized spacial score (nSPS) is 10.5. The van der Waals surface area contributed by atoms with Gasteiger partial charge in [-0.2, -0.15) is 5.10 Å². The van der Waals surface area contributed by atoms with Crippen molar-refractivity contribution in [2.24, 2.45) is 0 Å². The van der Waals surface area contributed by atoms with Crippen molar-refractivity contribution in [2.75, 3.05) is 20.3 Å². The molecule has 0 unspecified atom stereocenters. The highest BCUT2D eigenvalue weighted by Crippen LogP contribution is 2.18. The van der Waals surface area contributed by atoms with Gasteiger partial charge in [0.25, 0.3) is 5.91 Å². The van der Waals surface area contributed by atoms with Gasteiger partial charge in [0.1, 0.15) is 18.1 Å². The summed E-state index contributed by atoms with van der Waals surface area (Å²) >= 11 is 0. The molecule has 6 nitrogen and oxygen atoms in total. The number of amides is 1. The van der Waals surface area contributed by atoms with Crippen molar-refractivity contribution in [1.29, 1.82) is 0 Å². The van der Waals surface area contributed by atoms with Crippen molar-refractivity contribution < 1.29 is 14.3 Å². The highest BCUT2D eigenvalue weighted by Gasteiger charge is 2.16. The van der Waals surface area contributed by atoms with E-state index in [1.54, 1.807) is 13.3 Å². The molecule has 3 aromatic rings. The topological polar surface area (TPSA) is 65.4 Å². The van der Waals surface area contributed by atoms with Gasteiger partial charge >= 0.3 is 0 Å². The van der Waals surface area contributed by atoms with Gasteiger partial charge in [-0.05, 0) is 49.7 Å². The fraction of sp³-hybridized carbons (Fsp3) is 0.273. The Balaban J connectivity index is 1.58. The van der Waals surface area contributed by atoms with Crippen LogP contribution in [-0.2, 0) is 6.42 Å². The zero-order valence-corrected chi connectivity index (χ0v) is 16.4. The molecule has 0 aliphatic carbocycles. The van der Waals surface area contributed by atoms with E-state index in [0.29, 0.717) is 25.1 Å². The molecule has 0 radical (unpaired) electrons. The standard InChI is InChI=1S/C22H25N3O3/c1-4-21-20(15-24-25(21)17-7-5-16(2)6-8-17)22(26)23-13-14-28-19-11-9-18(27-3)10-12-19/h5-12,15H,4,13-14H2,1-3H3,(H,23,26). The van der Waals surface area contributed by atoms with Crippen molar-refractivity contribution >= 4 is 5.91 Å². The number of carbonyl (C=O) groups excluding carboxylic acids is 1. The number of benzene rings is 2. The van der Waals surface area contributed by atoms with Crippen LogP contribution in [0, 0.1) is 6.92 Å². The van der Waals surface area contributed by atoms with Crippen molar-refractivity contribution in [3.63, 3.8) is 0 Å². The van der Waals surface area contributed by atoms with Gasteiger partial charge in [-0.25, -0.2) is 4.68 Å². The molecule has 0 spiro atoms. The van der Waals surface area contributed by atoms with E-state index in [9.17, 15) is 4.79 Å². The van der Waals surface area contributed by atoms with E-state index >= 15 is 0 Å². The first kappa shape index (κ1) is 19.5. The number of methoxy groups -OCH3 is 1. The molecule has 2 aromatic carbocycles. The first-order valence-electron chi connectivity index (χ1n) is 9.31. The Labute approximate surface area is 165 Å². The summed E-state index contributed by atoms with van der Waals surface area (Å²) in [5.41, 5.74) is 3.61. The molecule has 146 valence electrons. The van der Waals surface area contributed by atoms with Crippen LogP contribution in [0.5, 0.6) is 11.5 Å². The summed E-state index contributed by atoms with van der Waals surface area (Å²) in [6.45, 7) is 4.85. The second-order valence-corrected chi connectivity index (χ2v) is 6.39. The molecule has 1 aromatic heterocycles. The van der Waals surface area contributed by atoms with Crippen LogP contribution in [0.1, 0.15) is 28.5 Å². The largest absolute Gasteiger partial charge is 0.497 e. The van der Waals surface area contributed by atoms with E-state index in [2.05, 4.69) is 10.4 Å². The highest BCUT2D eigenvalue weighted by atomic mass is 16.5. The lowest BCUT2D eigenvalue weighted by molar-refractivity contribution is 0.0946. The van der Waals surface area contributed by atoms with Gasteiger partial charge in [-0.15, -0.1) is 0 Å². The minimum atomic E-state index is -0.145. The van der Waals surface area contributed by atoms with Crippen molar-refractivity contribution in [3.8, 4) is 17.2 Å². The average Bonchev–Trinajstić information content (AvgIpc) is 3.16. The van der Waals surface area contributed by atoms with Gasteiger partial charge in [-0.3, -0.25) is 4.79 Å². The van der Waals surface area contributed by atoms with Gasteiger partial charge in [0.15, 0.2) is 0 Å². The van der Waals surface area contributed by atoms with Crippen LogP contribution in [0.2, 0.25) is 0 Å². The molecule has 1 heterocycles. The first-order chi connectivity index (χ1) is 13.6. The maximum atomic E-state index is 12.6. The van der Waals surface area contributed by atoms with Crippen molar-refractivity contribution in [1.82, 2.24) is 15.1 Å². The number of hydrogen-bond donors (Lipinski definition) is 1. The monoisotopic (exact) mass is 379 g/mol. The molecule has 28 heavy (non-hydrogen) atoms. The first-order valence-corrected chi connectivity index (χ1v) is 9.31. The van der Waals surface area contributed by atoms with Crippen LogP contribution < -0.4 is 14.8 Å². The summed E-state index contributed by atoms with van der Waals surface area (Å²) < 4.78 is 12.6. The van der Waals surface area contributed by atoms with Crippen LogP contribution in [0.4, 0.5) is 0 Å². The Hall–Kier alpha value is -3.28. The fourth-order valence-electron chi connectivity index (χ4n) is 2.91. The van der Waals surface area contributed by atoms with E-state index in [1.807, 2.05) is 67.1 Å². The number of nitrogens with zero attached hydrogens (tertiary/aromatic N) is 2. The highest BCUT2D eigenvalue weighted by molar-refractivity contribution is 5.95. The predicted octanol–water partition coefficient (Wildman–Crippen LogP) is 3.56. The Morgan fingerprint density at radius 2 is 1.75 bits per heavy atom. The lowest BCUT2D eigenvalue weighted by Gasteiger charge is -2.10. The molecule has 3 rings (SSSR count). The summed E-state index contributed by atoms with van der Waals surface area (Å²) in [5, 5.41) is 7.31. The van der Waals surface area contributed by atoms with Crippen LogP contribution in [0.25, 0.3) is 5.69 Å². The van der Waals surface area contributed by atoms with E-state index in [4.69, 9.17) is 9.47 Å². The quantitative estimate of drug-likeness (QED) is 0.608. The second-order valence-electron chi connectivity index (χ2n) is 6.39. The summed E-state index contributed by atoms with van der Waals surface area (Å²) in [7, 11) is 1.62. The molecular weight excluding hydrogens is 354 g/mol. The Morgan fingerprint density at radius 3 is 2.39 bits per heavy atom. The molecule has 0 saturated heterocycles. The average molecular weight is 379 g/mol. The lowest BCUT2D eigenvalue weighted by Crippen LogP contribution is -2.28. The number of aromatic nitrogens is 2. The fourth-order valence-corrected chi connectivity index (χ4v) is 2.91. The maximum Gasteiger partial charge on any atom is 0.254 e. The number of hydrogen-bond acceptors (Lipinski definition) is 4. The Bertz CT molecular complexity index is 915. The summed E-state index contributed by atoms with van der Waals surface area (Å²) in [4.78, 5) is 12.6. The molecule has 0 aliphatic rings. The SMILES string of the molecule is CCc1c(C(=O)NCCOc2ccc(OC)cc2)cnn1-c1ccc(C)cc1. The molecule has 0 atom stereocenters. The maximum absolute atomic E-state index is 12.6.